The molecule has 1 aliphatic heterocycles. The quantitative estimate of drug-likeness (QED) is 0.642. The third-order valence-electron chi connectivity index (χ3n) is 3.46. The van der Waals surface area contributed by atoms with E-state index >= 15 is 0 Å². The molecule has 1 aliphatic carbocycles. The summed E-state index contributed by atoms with van der Waals surface area (Å²) in [4.78, 5) is 2.90. The average molecular weight is 234 g/mol. The Morgan fingerprint density at radius 1 is 1.58 bits per heavy atom. The first kappa shape index (κ1) is 8.97. The number of fused-ring (bicyclic) bond motifs is 2. The Bertz CT molecular complexity index is 187. The Balaban J connectivity index is 2.27. The molecule has 3 atom stereocenters. The lowest BCUT2D eigenvalue weighted by Crippen LogP contribution is -2.49. The highest BCUT2D eigenvalue weighted by Crippen LogP contribution is 2.47. The number of likely N-dealkylation sites (tertiary alicyclic amines) is 1. The number of methoxy groups -OCH3 is 1. The van der Waals surface area contributed by atoms with Crippen molar-refractivity contribution in [2.45, 2.75) is 29.8 Å². The van der Waals surface area contributed by atoms with Crippen LogP contribution in [-0.4, -0.2) is 36.2 Å². The van der Waals surface area contributed by atoms with E-state index in [1.165, 1.54) is 25.8 Å². The van der Waals surface area contributed by atoms with Crippen molar-refractivity contribution in [2.24, 2.45) is 5.92 Å². The van der Waals surface area contributed by atoms with Crippen molar-refractivity contribution in [3.63, 3.8) is 0 Å². The first-order chi connectivity index (χ1) is 5.70. The largest absolute Gasteiger partial charge is 0.362 e. The van der Waals surface area contributed by atoms with E-state index in [-0.39, 0.29) is 5.72 Å². The normalized spacial score (nSPS) is 48.2. The summed E-state index contributed by atoms with van der Waals surface area (Å²) in [5.41, 5.74) is 0.00289. The van der Waals surface area contributed by atoms with Crippen molar-refractivity contribution < 1.29 is 4.74 Å². The molecule has 2 rings (SSSR count). The second-order valence-electron chi connectivity index (χ2n) is 3.98. The van der Waals surface area contributed by atoms with Gasteiger partial charge in [-0.2, -0.15) is 0 Å². The first-order valence-corrected chi connectivity index (χ1v) is 5.53. The maximum absolute atomic E-state index is 5.67. The number of hydrogen-bond acceptors (Lipinski definition) is 2. The van der Waals surface area contributed by atoms with E-state index in [0.29, 0.717) is 4.83 Å². The molecule has 3 heteroatoms. The fourth-order valence-electron chi connectivity index (χ4n) is 2.73. The summed E-state index contributed by atoms with van der Waals surface area (Å²) in [6, 6.07) is 0. The molecule has 1 unspecified atom stereocenters. The molecule has 1 saturated carbocycles. The Hall–Kier alpha value is 0.400. The molecule has 2 fully saturated rings. The molecule has 1 heterocycles. The zero-order valence-electron chi connectivity index (χ0n) is 7.72. The van der Waals surface area contributed by atoms with E-state index in [0.717, 1.165) is 5.92 Å². The maximum Gasteiger partial charge on any atom is 0.133 e. The van der Waals surface area contributed by atoms with Gasteiger partial charge < -0.3 is 4.74 Å². The fourth-order valence-corrected chi connectivity index (χ4v) is 3.93. The van der Waals surface area contributed by atoms with Gasteiger partial charge in [0.15, 0.2) is 0 Å². The summed E-state index contributed by atoms with van der Waals surface area (Å²) in [5.74, 6) is 0.795. The van der Waals surface area contributed by atoms with E-state index in [4.69, 9.17) is 4.74 Å². The Labute approximate surface area is 82.4 Å². The summed E-state index contributed by atoms with van der Waals surface area (Å²) < 4.78 is 5.67. The molecule has 0 aromatic rings. The lowest BCUT2D eigenvalue weighted by molar-refractivity contribution is -0.106. The topological polar surface area (TPSA) is 12.5 Å². The van der Waals surface area contributed by atoms with Crippen molar-refractivity contribution in [3.8, 4) is 0 Å². The molecule has 0 aromatic heterocycles. The van der Waals surface area contributed by atoms with E-state index < -0.39 is 0 Å². The van der Waals surface area contributed by atoms with Crippen LogP contribution in [0.5, 0.6) is 0 Å². The molecule has 2 bridgehead atoms. The van der Waals surface area contributed by atoms with Crippen LogP contribution in [-0.2, 0) is 4.74 Å². The zero-order valence-corrected chi connectivity index (χ0v) is 9.30. The van der Waals surface area contributed by atoms with E-state index in [1.54, 1.807) is 0 Å². The van der Waals surface area contributed by atoms with Gasteiger partial charge in [0, 0.05) is 13.7 Å². The fraction of sp³-hybridized carbons (Fsp3) is 1.00. The Morgan fingerprint density at radius 3 is 2.92 bits per heavy atom. The van der Waals surface area contributed by atoms with Crippen LogP contribution in [0.2, 0.25) is 0 Å². The van der Waals surface area contributed by atoms with Gasteiger partial charge in [-0.25, -0.2) is 0 Å². The number of rotatable bonds is 1. The smallest absolute Gasteiger partial charge is 0.133 e. The van der Waals surface area contributed by atoms with Crippen LogP contribution in [0.4, 0.5) is 0 Å². The number of nitrogens with zero attached hydrogens (tertiary/aromatic N) is 1. The molecule has 0 spiro atoms. The molecule has 0 radical (unpaired) electrons. The van der Waals surface area contributed by atoms with Crippen molar-refractivity contribution >= 4 is 15.9 Å². The van der Waals surface area contributed by atoms with Crippen LogP contribution in [0.1, 0.15) is 19.3 Å². The average Bonchev–Trinajstić information content (AvgIpc) is 2.23. The molecule has 0 N–H and O–H groups in total. The van der Waals surface area contributed by atoms with Crippen LogP contribution in [0.25, 0.3) is 0 Å². The van der Waals surface area contributed by atoms with Crippen molar-refractivity contribution in [1.29, 1.82) is 0 Å². The number of halogens is 1. The van der Waals surface area contributed by atoms with Crippen molar-refractivity contribution in [3.05, 3.63) is 0 Å². The van der Waals surface area contributed by atoms with Gasteiger partial charge in [0.1, 0.15) is 5.72 Å². The lowest BCUT2D eigenvalue weighted by atomic mass is 9.87. The molecule has 0 aromatic carbocycles. The molecule has 0 amide bonds. The lowest BCUT2D eigenvalue weighted by Gasteiger charge is -2.39. The van der Waals surface area contributed by atoms with Crippen LogP contribution in [0.3, 0.4) is 0 Å². The number of ether oxygens (including phenoxy) is 1. The van der Waals surface area contributed by atoms with Crippen LogP contribution < -0.4 is 0 Å². The van der Waals surface area contributed by atoms with Gasteiger partial charge >= 0.3 is 0 Å². The van der Waals surface area contributed by atoms with Gasteiger partial charge in [0.05, 0.1) is 4.83 Å². The molecule has 1 saturated heterocycles. The van der Waals surface area contributed by atoms with E-state index in [2.05, 4.69) is 27.9 Å². The van der Waals surface area contributed by atoms with Gasteiger partial charge in [0.25, 0.3) is 0 Å². The molecular formula is C9H16BrNO. The van der Waals surface area contributed by atoms with Gasteiger partial charge in [-0.15, -0.1) is 0 Å². The SMILES string of the molecule is CO[C@@]12CCC[C@@H](CN1C)C2Br. The summed E-state index contributed by atoms with van der Waals surface area (Å²) in [5, 5.41) is 0. The highest BCUT2D eigenvalue weighted by atomic mass is 79.9. The predicted molar refractivity (Wildman–Crippen MR) is 52.4 cm³/mol. The minimum Gasteiger partial charge on any atom is -0.362 e. The van der Waals surface area contributed by atoms with E-state index in [1.807, 2.05) is 7.11 Å². The second-order valence-corrected chi connectivity index (χ2v) is 4.97. The summed E-state index contributed by atoms with van der Waals surface area (Å²) in [7, 11) is 4.00. The van der Waals surface area contributed by atoms with Crippen LogP contribution in [0.15, 0.2) is 0 Å². The summed E-state index contributed by atoms with van der Waals surface area (Å²) in [6.07, 6.45) is 3.84. The van der Waals surface area contributed by atoms with Crippen LogP contribution >= 0.6 is 15.9 Å². The third-order valence-corrected chi connectivity index (χ3v) is 4.93. The predicted octanol–water partition coefficient (Wildman–Crippen LogP) is 1.84. The first-order valence-electron chi connectivity index (χ1n) is 4.61. The number of alkyl halides is 1. The minimum absolute atomic E-state index is 0.00289. The third kappa shape index (κ3) is 0.994. The van der Waals surface area contributed by atoms with Crippen molar-refractivity contribution in [1.82, 2.24) is 4.90 Å². The van der Waals surface area contributed by atoms with Gasteiger partial charge in [-0.05, 0) is 32.2 Å². The van der Waals surface area contributed by atoms with Gasteiger partial charge in [-0.1, -0.05) is 15.9 Å². The maximum atomic E-state index is 5.67. The molecular weight excluding hydrogens is 218 g/mol. The van der Waals surface area contributed by atoms with Crippen molar-refractivity contribution in [2.75, 3.05) is 20.7 Å². The Kier molecular flexibility index (Phi) is 2.22. The van der Waals surface area contributed by atoms with Crippen LogP contribution in [0, 0.1) is 5.92 Å². The highest BCUT2D eigenvalue weighted by Gasteiger charge is 2.53. The molecule has 2 nitrogen and oxygen atoms in total. The van der Waals surface area contributed by atoms with E-state index in [9.17, 15) is 0 Å². The van der Waals surface area contributed by atoms with Gasteiger partial charge in [0.2, 0.25) is 0 Å². The molecule has 70 valence electrons. The molecule has 12 heavy (non-hydrogen) atoms. The highest BCUT2D eigenvalue weighted by molar-refractivity contribution is 9.09. The molecule has 2 aliphatic rings. The van der Waals surface area contributed by atoms with Gasteiger partial charge in [-0.3, -0.25) is 4.90 Å². The second kappa shape index (κ2) is 2.96. The minimum atomic E-state index is 0.00289. The standard InChI is InChI=1S/C9H16BrNO/c1-11-6-7-4-3-5-9(11,12-2)8(7)10/h7-8H,3-6H2,1-2H3/t7-,8?,9+/m0/s1. The Morgan fingerprint density at radius 2 is 2.33 bits per heavy atom. The number of hydrogen-bond donors (Lipinski definition) is 0. The monoisotopic (exact) mass is 233 g/mol. The zero-order chi connectivity index (χ0) is 8.77. The summed E-state index contributed by atoms with van der Waals surface area (Å²) in [6.45, 7) is 1.18. The summed E-state index contributed by atoms with van der Waals surface area (Å²) >= 11 is 3.77.